The van der Waals surface area contributed by atoms with Crippen LogP contribution in [0, 0.1) is 10.1 Å². The number of hydrogen-bond donors (Lipinski definition) is 1. The van der Waals surface area contributed by atoms with E-state index in [1.165, 1.54) is 18.2 Å². The van der Waals surface area contributed by atoms with Crippen LogP contribution >= 0.6 is 0 Å². The zero-order valence-corrected chi connectivity index (χ0v) is 13.4. The van der Waals surface area contributed by atoms with E-state index in [1.54, 1.807) is 18.2 Å². The van der Waals surface area contributed by atoms with Gasteiger partial charge in [0, 0.05) is 18.6 Å². The van der Waals surface area contributed by atoms with Gasteiger partial charge in [0.2, 0.25) is 9.84 Å². The molecule has 0 aliphatic heterocycles. The van der Waals surface area contributed by atoms with Crippen LogP contribution in [0.3, 0.4) is 0 Å². The molecular formula is C16H15NO6S. The molecule has 0 heterocycles. The van der Waals surface area contributed by atoms with Crippen LogP contribution in [0.2, 0.25) is 0 Å². The number of sulfone groups is 1. The summed E-state index contributed by atoms with van der Waals surface area (Å²) in [6, 6.07) is 11.0. The standard InChI is InChI=1S/C16H15NO6S/c18-16(19)7-3-5-12-4-1-2-6-15(12)24(22,23)14-10-8-13(9-11-14)17(20)21/h1-2,4,6,8-11H,3,5,7H2,(H,18,19). The van der Waals surface area contributed by atoms with E-state index in [9.17, 15) is 23.3 Å². The largest absolute Gasteiger partial charge is 0.481 e. The number of aliphatic carboxylic acids is 1. The molecule has 0 amide bonds. The number of aryl methyl sites for hydroxylation is 1. The van der Waals surface area contributed by atoms with E-state index in [0.717, 1.165) is 12.1 Å². The maximum Gasteiger partial charge on any atom is 0.303 e. The van der Waals surface area contributed by atoms with Crippen LogP contribution in [-0.4, -0.2) is 24.4 Å². The Morgan fingerprint density at radius 2 is 1.71 bits per heavy atom. The Bertz CT molecular complexity index is 858. The third-order valence-corrected chi connectivity index (χ3v) is 5.33. The van der Waals surface area contributed by atoms with Gasteiger partial charge in [0.15, 0.2) is 0 Å². The van der Waals surface area contributed by atoms with Crippen LogP contribution < -0.4 is 0 Å². The lowest BCUT2D eigenvalue weighted by Crippen LogP contribution is -2.06. The second-order valence-corrected chi connectivity index (χ2v) is 7.03. The molecule has 0 spiro atoms. The highest BCUT2D eigenvalue weighted by molar-refractivity contribution is 7.91. The van der Waals surface area contributed by atoms with Gasteiger partial charge in [-0.2, -0.15) is 0 Å². The summed E-state index contributed by atoms with van der Waals surface area (Å²) in [5.74, 6) is -0.939. The van der Waals surface area contributed by atoms with E-state index >= 15 is 0 Å². The predicted octanol–water partition coefficient (Wildman–Crippen LogP) is 2.83. The van der Waals surface area contributed by atoms with Gasteiger partial charge in [-0.1, -0.05) is 18.2 Å². The van der Waals surface area contributed by atoms with Crippen LogP contribution in [-0.2, 0) is 21.1 Å². The highest BCUT2D eigenvalue weighted by Gasteiger charge is 2.21. The minimum absolute atomic E-state index is 0.0428. The third-order valence-electron chi connectivity index (χ3n) is 3.46. The summed E-state index contributed by atoms with van der Waals surface area (Å²) < 4.78 is 25.5. The SMILES string of the molecule is O=C(O)CCCc1ccccc1S(=O)(=O)c1ccc([N+](=O)[O-])cc1. The van der Waals surface area contributed by atoms with Crippen molar-refractivity contribution in [3.05, 3.63) is 64.2 Å². The summed E-state index contributed by atoms with van der Waals surface area (Å²) in [6.45, 7) is 0. The van der Waals surface area contributed by atoms with Crippen molar-refractivity contribution >= 4 is 21.5 Å². The minimum atomic E-state index is -3.83. The predicted molar refractivity (Wildman–Crippen MR) is 85.6 cm³/mol. The molecule has 7 nitrogen and oxygen atoms in total. The molecule has 1 N–H and O–H groups in total. The minimum Gasteiger partial charge on any atom is -0.481 e. The number of benzene rings is 2. The van der Waals surface area contributed by atoms with Crippen molar-refractivity contribution in [2.24, 2.45) is 0 Å². The molecular weight excluding hydrogens is 334 g/mol. The highest BCUT2D eigenvalue weighted by Crippen LogP contribution is 2.26. The molecule has 0 saturated carbocycles. The van der Waals surface area contributed by atoms with Gasteiger partial charge in [-0.3, -0.25) is 14.9 Å². The molecule has 0 bridgehead atoms. The summed E-state index contributed by atoms with van der Waals surface area (Å²) in [5, 5.41) is 19.4. The van der Waals surface area contributed by atoms with E-state index in [2.05, 4.69) is 0 Å². The molecule has 0 atom stereocenters. The quantitative estimate of drug-likeness (QED) is 0.607. The maximum absolute atomic E-state index is 12.7. The zero-order valence-electron chi connectivity index (χ0n) is 12.6. The second kappa shape index (κ2) is 7.22. The van der Waals surface area contributed by atoms with Gasteiger partial charge >= 0.3 is 5.97 Å². The molecule has 126 valence electrons. The molecule has 0 aliphatic rings. The van der Waals surface area contributed by atoms with Crippen molar-refractivity contribution in [2.45, 2.75) is 29.1 Å². The number of carboxylic acids is 1. The first-order chi connectivity index (χ1) is 11.3. The lowest BCUT2D eigenvalue weighted by molar-refractivity contribution is -0.384. The van der Waals surface area contributed by atoms with Gasteiger partial charge in [0.25, 0.3) is 5.69 Å². The number of hydrogen-bond acceptors (Lipinski definition) is 5. The Kier molecular flexibility index (Phi) is 5.30. The fraction of sp³-hybridized carbons (Fsp3) is 0.188. The topological polar surface area (TPSA) is 115 Å². The molecule has 2 aromatic rings. The Hall–Kier alpha value is -2.74. The van der Waals surface area contributed by atoms with E-state index in [4.69, 9.17) is 5.11 Å². The fourth-order valence-electron chi connectivity index (χ4n) is 2.28. The van der Waals surface area contributed by atoms with Crippen molar-refractivity contribution < 1.29 is 23.2 Å². The number of carbonyl (C=O) groups is 1. The van der Waals surface area contributed by atoms with Crippen LogP contribution in [0.25, 0.3) is 0 Å². The second-order valence-electron chi connectivity index (χ2n) is 5.11. The summed E-state index contributed by atoms with van der Waals surface area (Å²) >= 11 is 0. The van der Waals surface area contributed by atoms with Crippen molar-refractivity contribution in [3.63, 3.8) is 0 Å². The van der Waals surface area contributed by atoms with E-state index in [1.807, 2.05) is 0 Å². The Morgan fingerprint density at radius 1 is 1.08 bits per heavy atom. The lowest BCUT2D eigenvalue weighted by atomic mass is 10.1. The van der Waals surface area contributed by atoms with Crippen molar-refractivity contribution in [1.82, 2.24) is 0 Å². The van der Waals surface area contributed by atoms with E-state index in [-0.39, 0.29) is 21.9 Å². The monoisotopic (exact) mass is 349 g/mol. The molecule has 2 rings (SSSR count). The molecule has 0 saturated heterocycles. The van der Waals surface area contributed by atoms with Crippen molar-refractivity contribution in [3.8, 4) is 0 Å². The normalized spacial score (nSPS) is 11.2. The molecule has 0 aliphatic carbocycles. The molecule has 0 unspecified atom stereocenters. The molecule has 24 heavy (non-hydrogen) atoms. The van der Waals surface area contributed by atoms with E-state index in [0.29, 0.717) is 18.4 Å². The van der Waals surface area contributed by atoms with Gasteiger partial charge in [0.1, 0.15) is 0 Å². The first kappa shape index (κ1) is 17.6. The summed E-state index contributed by atoms with van der Waals surface area (Å²) in [6.07, 6.45) is 0.586. The zero-order chi connectivity index (χ0) is 17.7. The number of nitro benzene ring substituents is 1. The highest BCUT2D eigenvalue weighted by atomic mass is 32.2. The van der Waals surface area contributed by atoms with Crippen LogP contribution in [0.4, 0.5) is 5.69 Å². The van der Waals surface area contributed by atoms with Crippen LogP contribution in [0.15, 0.2) is 58.3 Å². The summed E-state index contributed by atoms with van der Waals surface area (Å²) in [4.78, 5) is 20.7. The van der Waals surface area contributed by atoms with Gasteiger partial charge in [0.05, 0.1) is 14.7 Å². The van der Waals surface area contributed by atoms with Crippen molar-refractivity contribution in [2.75, 3.05) is 0 Å². The number of rotatable bonds is 7. The molecule has 8 heteroatoms. The van der Waals surface area contributed by atoms with Gasteiger partial charge in [-0.05, 0) is 36.6 Å². The molecule has 0 aromatic heterocycles. The van der Waals surface area contributed by atoms with Crippen molar-refractivity contribution in [1.29, 1.82) is 0 Å². The lowest BCUT2D eigenvalue weighted by Gasteiger charge is -2.10. The molecule has 0 fully saturated rings. The third kappa shape index (κ3) is 3.96. The average molecular weight is 349 g/mol. The Labute approximate surface area is 138 Å². The number of non-ortho nitro benzene ring substituents is 1. The first-order valence-electron chi connectivity index (χ1n) is 7.11. The number of nitro groups is 1. The van der Waals surface area contributed by atoms with Gasteiger partial charge in [-0.15, -0.1) is 0 Å². The fourth-order valence-corrected chi connectivity index (χ4v) is 3.80. The maximum atomic E-state index is 12.7. The van der Waals surface area contributed by atoms with Crippen LogP contribution in [0.1, 0.15) is 18.4 Å². The van der Waals surface area contributed by atoms with E-state index < -0.39 is 20.7 Å². The summed E-state index contributed by atoms with van der Waals surface area (Å²) in [7, 11) is -3.83. The number of nitrogens with zero attached hydrogens (tertiary/aromatic N) is 1. The number of carboxylic acid groups (broad SMARTS) is 1. The molecule has 2 aromatic carbocycles. The van der Waals surface area contributed by atoms with Gasteiger partial charge < -0.3 is 5.11 Å². The average Bonchev–Trinajstić information content (AvgIpc) is 2.55. The Morgan fingerprint density at radius 3 is 2.29 bits per heavy atom. The smallest absolute Gasteiger partial charge is 0.303 e. The Balaban J connectivity index is 2.35. The first-order valence-corrected chi connectivity index (χ1v) is 8.60. The van der Waals surface area contributed by atoms with Gasteiger partial charge in [-0.25, -0.2) is 8.42 Å². The summed E-state index contributed by atoms with van der Waals surface area (Å²) in [5.41, 5.74) is 0.334. The van der Waals surface area contributed by atoms with Crippen LogP contribution in [0.5, 0.6) is 0 Å². The molecule has 0 radical (unpaired) electrons.